The molecule has 2 N–H and O–H groups in total. The van der Waals surface area contributed by atoms with Gasteiger partial charge >= 0.3 is 0 Å². The Hall–Kier alpha value is -1.52. The van der Waals surface area contributed by atoms with Gasteiger partial charge in [-0.1, -0.05) is 11.6 Å². The third-order valence-electron chi connectivity index (χ3n) is 3.08. The van der Waals surface area contributed by atoms with Gasteiger partial charge in [-0.3, -0.25) is 4.68 Å². The zero-order valence-corrected chi connectivity index (χ0v) is 12.1. The van der Waals surface area contributed by atoms with E-state index in [1.807, 2.05) is 36.7 Å². The molecule has 2 aromatic rings. The molecule has 19 heavy (non-hydrogen) atoms. The fraction of sp³-hybridized carbons (Fsp3) is 0.357. The zero-order valence-electron chi connectivity index (χ0n) is 11.4. The Morgan fingerprint density at radius 2 is 2.16 bits per heavy atom. The second-order valence-corrected chi connectivity index (χ2v) is 4.83. The van der Waals surface area contributed by atoms with Gasteiger partial charge in [-0.25, -0.2) is 0 Å². The lowest BCUT2D eigenvalue weighted by molar-refractivity contribution is 0.407. The summed E-state index contributed by atoms with van der Waals surface area (Å²) >= 11 is 6.05. The third-order valence-corrected chi connectivity index (χ3v) is 3.31. The van der Waals surface area contributed by atoms with Crippen LogP contribution in [0.5, 0.6) is 5.75 Å². The highest BCUT2D eigenvalue weighted by Gasteiger charge is 2.19. The first-order valence-corrected chi connectivity index (χ1v) is 6.58. The van der Waals surface area contributed by atoms with Gasteiger partial charge in [-0.2, -0.15) is 5.10 Å². The van der Waals surface area contributed by atoms with Crippen molar-refractivity contribution in [2.24, 2.45) is 5.73 Å². The van der Waals surface area contributed by atoms with Crippen LogP contribution in [-0.2, 0) is 6.54 Å². The predicted octanol–water partition coefficient (Wildman–Crippen LogP) is 2.92. The number of hydrogen-bond acceptors (Lipinski definition) is 3. The fourth-order valence-corrected chi connectivity index (χ4v) is 2.36. The van der Waals surface area contributed by atoms with E-state index in [9.17, 15) is 0 Å². The van der Waals surface area contributed by atoms with Gasteiger partial charge in [0.25, 0.3) is 0 Å². The molecule has 0 aliphatic rings. The Kier molecular flexibility index (Phi) is 4.12. The first-order chi connectivity index (χ1) is 9.06. The van der Waals surface area contributed by atoms with Crippen molar-refractivity contribution in [2.75, 3.05) is 7.11 Å². The number of benzene rings is 1. The van der Waals surface area contributed by atoms with Crippen LogP contribution in [0.4, 0.5) is 0 Å². The lowest BCUT2D eigenvalue weighted by Gasteiger charge is -2.17. The monoisotopic (exact) mass is 279 g/mol. The Morgan fingerprint density at radius 3 is 2.79 bits per heavy atom. The maximum absolute atomic E-state index is 6.35. The molecule has 1 unspecified atom stereocenters. The molecule has 2 rings (SSSR count). The Labute approximate surface area is 118 Å². The van der Waals surface area contributed by atoms with Gasteiger partial charge < -0.3 is 10.5 Å². The number of methoxy groups -OCH3 is 1. The molecular formula is C14H18ClN3O. The van der Waals surface area contributed by atoms with Crippen LogP contribution in [0.25, 0.3) is 0 Å². The average molecular weight is 280 g/mol. The van der Waals surface area contributed by atoms with E-state index in [1.165, 1.54) is 0 Å². The first kappa shape index (κ1) is 13.9. The van der Waals surface area contributed by atoms with Gasteiger partial charge in [-0.05, 0) is 38.1 Å². The Balaban J connectivity index is 2.48. The second kappa shape index (κ2) is 5.63. The van der Waals surface area contributed by atoms with Crippen molar-refractivity contribution in [3.63, 3.8) is 0 Å². The first-order valence-electron chi connectivity index (χ1n) is 6.20. The van der Waals surface area contributed by atoms with Crippen molar-refractivity contribution in [1.29, 1.82) is 0 Å². The lowest BCUT2D eigenvalue weighted by atomic mass is 10.0. The van der Waals surface area contributed by atoms with Gasteiger partial charge in [0, 0.05) is 17.1 Å². The second-order valence-electron chi connectivity index (χ2n) is 4.39. The van der Waals surface area contributed by atoms with Crippen LogP contribution >= 0.6 is 11.6 Å². The van der Waals surface area contributed by atoms with E-state index in [2.05, 4.69) is 5.10 Å². The van der Waals surface area contributed by atoms with E-state index in [0.29, 0.717) is 5.02 Å². The van der Waals surface area contributed by atoms with Crippen LogP contribution in [0, 0.1) is 6.92 Å². The molecule has 4 nitrogen and oxygen atoms in total. The highest BCUT2D eigenvalue weighted by Crippen LogP contribution is 2.31. The molecule has 1 heterocycles. The molecular weight excluding hydrogens is 262 g/mol. The molecule has 5 heteroatoms. The van der Waals surface area contributed by atoms with Crippen molar-refractivity contribution >= 4 is 11.6 Å². The molecule has 1 aromatic heterocycles. The lowest BCUT2D eigenvalue weighted by Crippen LogP contribution is -2.18. The Bertz CT molecular complexity index is 580. The van der Waals surface area contributed by atoms with Crippen LogP contribution in [0.3, 0.4) is 0 Å². The van der Waals surface area contributed by atoms with Crippen LogP contribution in [0.2, 0.25) is 5.02 Å². The van der Waals surface area contributed by atoms with Crippen LogP contribution < -0.4 is 10.5 Å². The summed E-state index contributed by atoms with van der Waals surface area (Å²) in [5.74, 6) is 0.735. The van der Waals surface area contributed by atoms with Gasteiger partial charge in [0.1, 0.15) is 5.75 Å². The topological polar surface area (TPSA) is 53.1 Å². The van der Waals surface area contributed by atoms with E-state index in [4.69, 9.17) is 22.1 Å². The minimum atomic E-state index is -0.310. The largest absolute Gasteiger partial charge is 0.496 e. The van der Waals surface area contributed by atoms with Gasteiger partial charge in [0.2, 0.25) is 0 Å². The highest BCUT2D eigenvalue weighted by atomic mass is 35.5. The third kappa shape index (κ3) is 2.74. The number of hydrogen-bond donors (Lipinski definition) is 1. The van der Waals surface area contributed by atoms with Crippen LogP contribution in [0.15, 0.2) is 24.3 Å². The molecule has 0 radical (unpaired) electrons. The standard InChI is InChI=1S/C14H18ClN3O/c1-4-18-12(7-9(2)17-18)14(16)11-8-10(15)5-6-13(11)19-3/h5-8,14H,4,16H2,1-3H3. The zero-order chi connectivity index (χ0) is 14.0. The highest BCUT2D eigenvalue weighted by molar-refractivity contribution is 6.30. The molecule has 0 fully saturated rings. The van der Waals surface area contributed by atoms with E-state index in [0.717, 1.165) is 29.2 Å². The molecule has 0 bridgehead atoms. The van der Waals surface area contributed by atoms with Crippen LogP contribution in [-0.4, -0.2) is 16.9 Å². The molecule has 0 saturated carbocycles. The summed E-state index contributed by atoms with van der Waals surface area (Å²) in [5.41, 5.74) is 9.13. The summed E-state index contributed by atoms with van der Waals surface area (Å²) in [6.45, 7) is 4.77. The number of ether oxygens (including phenoxy) is 1. The van der Waals surface area contributed by atoms with E-state index in [1.54, 1.807) is 13.2 Å². The van der Waals surface area contributed by atoms with Gasteiger partial charge in [0.15, 0.2) is 0 Å². The summed E-state index contributed by atoms with van der Waals surface area (Å²) in [7, 11) is 1.63. The van der Waals surface area contributed by atoms with Gasteiger partial charge in [0.05, 0.1) is 24.5 Å². The van der Waals surface area contributed by atoms with Crippen molar-refractivity contribution in [3.05, 3.63) is 46.2 Å². The average Bonchev–Trinajstić information content (AvgIpc) is 2.79. The van der Waals surface area contributed by atoms with Gasteiger partial charge in [-0.15, -0.1) is 0 Å². The SMILES string of the molecule is CCn1nc(C)cc1C(N)c1cc(Cl)ccc1OC. The molecule has 0 aliphatic carbocycles. The van der Waals surface area contributed by atoms with Crippen LogP contribution in [0.1, 0.15) is 29.9 Å². The summed E-state index contributed by atoms with van der Waals surface area (Å²) in [6, 6.07) is 7.15. The number of aromatic nitrogens is 2. The smallest absolute Gasteiger partial charge is 0.124 e. The molecule has 0 spiro atoms. The maximum Gasteiger partial charge on any atom is 0.124 e. The number of halogens is 1. The number of rotatable bonds is 4. The van der Waals surface area contributed by atoms with Crippen molar-refractivity contribution in [2.45, 2.75) is 26.4 Å². The number of nitrogens with zero attached hydrogens (tertiary/aromatic N) is 2. The molecule has 1 aromatic carbocycles. The fourth-order valence-electron chi connectivity index (χ4n) is 2.18. The number of nitrogens with two attached hydrogens (primary N) is 1. The molecule has 1 atom stereocenters. The molecule has 0 saturated heterocycles. The molecule has 102 valence electrons. The van der Waals surface area contributed by atoms with E-state index >= 15 is 0 Å². The minimum absolute atomic E-state index is 0.310. The predicted molar refractivity (Wildman–Crippen MR) is 76.7 cm³/mol. The summed E-state index contributed by atoms with van der Waals surface area (Å²) in [6.07, 6.45) is 0. The molecule has 0 aliphatic heterocycles. The maximum atomic E-state index is 6.35. The normalized spacial score (nSPS) is 12.5. The van der Waals surface area contributed by atoms with Crippen molar-refractivity contribution in [3.8, 4) is 5.75 Å². The summed E-state index contributed by atoms with van der Waals surface area (Å²) < 4.78 is 7.26. The van der Waals surface area contributed by atoms with E-state index in [-0.39, 0.29) is 6.04 Å². The molecule has 0 amide bonds. The van der Waals surface area contributed by atoms with E-state index < -0.39 is 0 Å². The van der Waals surface area contributed by atoms with Crippen molar-refractivity contribution < 1.29 is 4.74 Å². The number of aryl methyl sites for hydroxylation is 2. The summed E-state index contributed by atoms with van der Waals surface area (Å²) in [4.78, 5) is 0. The quantitative estimate of drug-likeness (QED) is 0.936. The van der Waals surface area contributed by atoms with Crippen molar-refractivity contribution in [1.82, 2.24) is 9.78 Å². The minimum Gasteiger partial charge on any atom is -0.496 e. The summed E-state index contributed by atoms with van der Waals surface area (Å²) in [5, 5.41) is 5.06. The Morgan fingerprint density at radius 1 is 1.42 bits per heavy atom.